The number of aromatic nitrogens is 2. The minimum absolute atomic E-state index is 0.430. The van der Waals surface area contributed by atoms with Gasteiger partial charge in [-0.25, -0.2) is 4.98 Å². The van der Waals surface area contributed by atoms with Gasteiger partial charge < -0.3 is 4.98 Å². The first-order valence-electron chi connectivity index (χ1n) is 7.18. The standard InChI is InChI=1S/C17H13N3S2/c18-9-17(11-4-2-1-3-5-11)7-6-12-13(8-17)22-16-14(12)15(21)19-10-20-16/h1-5,10H,6-8H2,(H,19,20,21)/t17-/m0/s1. The molecule has 2 aromatic heterocycles. The first-order chi connectivity index (χ1) is 10.7. The number of rotatable bonds is 1. The maximum atomic E-state index is 9.86. The van der Waals surface area contributed by atoms with Gasteiger partial charge in [-0.3, -0.25) is 0 Å². The van der Waals surface area contributed by atoms with E-state index in [1.165, 1.54) is 10.4 Å². The molecule has 1 aromatic carbocycles. The maximum absolute atomic E-state index is 9.86. The predicted octanol–water partition coefficient (Wildman–Crippen LogP) is 4.30. The van der Waals surface area contributed by atoms with Gasteiger partial charge in [-0.05, 0) is 24.0 Å². The minimum Gasteiger partial charge on any atom is -0.337 e. The molecule has 2 heterocycles. The lowest BCUT2D eigenvalue weighted by Crippen LogP contribution is -2.31. The van der Waals surface area contributed by atoms with E-state index in [9.17, 15) is 5.26 Å². The van der Waals surface area contributed by atoms with Gasteiger partial charge in [-0.15, -0.1) is 11.3 Å². The molecule has 0 unspecified atom stereocenters. The number of hydrogen-bond donors (Lipinski definition) is 1. The Hall–Kier alpha value is -2.03. The summed E-state index contributed by atoms with van der Waals surface area (Å²) >= 11 is 7.10. The van der Waals surface area contributed by atoms with Crippen LogP contribution in [-0.2, 0) is 18.3 Å². The van der Waals surface area contributed by atoms with E-state index >= 15 is 0 Å². The molecule has 1 aliphatic carbocycles. The van der Waals surface area contributed by atoms with E-state index in [0.29, 0.717) is 0 Å². The van der Waals surface area contributed by atoms with E-state index in [4.69, 9.17) is 12.2 Å². The summed E-state index contributed by atoms with van der Waals surface area (Å²) in [6.45, 7) is 0. The number of nitriles is 1. The minimum atomic E-state index is -0.430. The molecule has 0 saturated carbocycles. The van der Waals surface area contributed by atoms with Crippen LogP contribution in [0.4, 0.5) is 0 Å². The highest BCUT2D eigenvalue weighted by molar-refractivity contribution is 7.71. The van der Waals surface area contributed by atoms with Crippen molar-refractivity contribution in [1.29, 1.82) is 5.26 Å². The third-order valence-corrected chi connectivity index (χ3v) is 5.94. The molecule has 1 aliphatic rings. The van der Waals surface area contributed by atoms with Crippen LogP contribution in [0.5, 0.6) is 0 Å². The van der Waals surface area contributed by atoms with Crippen molar-refractivity contribution in [3.05, 3.63) is 57.3 Å². The van der Waals surface area contributed by atoms with Crippen molar-refractivity contribution in [2.24, 2.45) is 0 Å². The lowest BCUT2D eigenvalue weighted by molar-refractivity contribution is 0.480. The van der Waals surface area contributed by atoms with Crippen LogP contribution in [0.1, 0.15) is 22.4 Å². The van der Waals surface area contributed by atoms with Gasteiger partial charge in [0.25, 0.3) is 0 Å². The number of nitrogens with zero attached hydrogens (tertiary/aromatic N) is 2. The highest BCUT2D eigenvalue weighted by Gasteiger charge is 2.38. The Bertz CT molecular complexity index is 949. The van der Waals surface area contributed by atoms with Crippen LogP contribution in [0, 0.1) is 16.0 Å². The molecule has 3 nitrogen and oxygen atoms in total. The third-order valence-electron chi connectivity index (χ3n) is 4.48. The van der Waals surface area contributed by atoms with Gasteiger partial charge in [0.2, 0.25) is 0 Å². The van der Waals surface area contributed by atoms with Crippen LogP contribution < -0.4 is 0 Å². The molecule has 0 saturated heterocycles. The smallest absolute Gasteiger partial charge is 0.128 e. The number of benzene rings is 1. The lowest BCUT2D eigenvalue weighted by atomic mass is 9.70. The summed E-state index contributed by atoms with van der Waals surface area (Å²) in [5.74, 6) is 0. The number of aryl methyl sites for hydroxylation is 1. The molecule has 5 heteroatoms. The van der Waals surface area contributed by atoms with E-state index in [2.05, 4.69) is 28.2 Å². The Kier molecular flexibility index (Phi) is 3.10. The van der Waals surface area contributed by atoms with E-state index in [0.717, 1.165) is 39.7 Å². The van der Waals surface area contributed by atoms with Gasteiger partial charge in [-0.1, -0.05) is 42.5 Å². The first kappa shape index (κ1) is 13.6. The van der Waals surface area contributed by atoms with Crippen molar-refractivity contribution in [2.75, 3.05) is 0 Å². The SMILES string of the molecule is N#C[C@]1(c2ccccc2)CCc2c(sc3nc[nH]c(=S)c23)C1. The molecule has 3 aromatic rings. The highest BCUT2D eigenvalue weighted by atomic mass is 32.1. The number of hydrogen-bond acceptors (Lipinski definition) is 4. The summed E-state index contributed by atoms with van der Waals surface area (Å²) < 4.78 is 0.756. The van der Waals surface area contributed by atoms with E-state index in [1.54, 1.807) is 17.7 Å². The Morgan fingerprint density at radius 1 is 1.32 bits per heavy atom. The summed E-state index contributed by atoms with van der Waals surface area (Å²) in [5.41, 5.74) is 1.97. The lowest BCUT2D eigenvalue weighted by Gasteiger charge is -2.31. The van der Waals surface area contributed by atoms with Crippen LogP contribution in [0.2, 0.25) is 0 Å². The molecule has 0 aliphatic heterocycles. The van der Waals surface area contributed by atoms with Crippen LogP contribution in [-0.4, -0.2) is 9.97 Å². The quantitative estimate of drug-likeness (QED) is 0.679. The Labute approximate surface area is 137 Å². The van der Waals surface area contributed by atoms with Crippen LogP contribution in [0.15, 0.2) is 36.7 Å². The number of aromatic amines is 1. The molecule has 22 heavy (non-hydrogen) atoms. The second-order valence-corrected chi connectivity index (χ2v) is 7.14. The summed E-state index contributed by atoms with van der Waals surface area (Å²) in [4.78, 5) is 9.67. The van der Waals surface area contributed by atoms with Crippen molar-refractivity contribution >= 4 is 33.8 Å². The molecule has 0 radical (unpaired) electrons. The third kappa shape index (κ3) is 1.92. The van der Waals surface area contributed by atoms with Gasteiger partial charge in [0, 0.05) is 16.7 Å². The second kappa shape index (κ2) is 5.01. The average molecular weight is 323 g/mol. The van der Waals surface area contributed by atoms with Gasteiger partial charge in [0.05, 0.1) is 17.8 Å². The average Bonchev–Trinajstić information content (AvgIpc) is 2.94. The summed E-state index contributed by atoms with van der Waals surface area (Å²) in [6, 6.07) is 12.7. The van der Waals surface area contributed by atoms with Crippen molar-refractivity contribution in [3.63, 3.8) is 0 Å². The number of thiophene rings is 1. The molecule has 0 fully saturated rings. The van der Waals surface area contributed by atoms with Crippen molar-refractivity contribution in [2.45, 2.75) is 24.7 Å². The number of fused-ring (bicyclic) bond motifs is 3. The molecular weight excluding hydrogens is 310 g/mol. The Morgan fingerprint density at radius 2 is 2.14 bits per heavy atom. The number of nitrogens with one attached hydrogen (secondary N) is 1. The van der Waals surface area contributed by atoms with Crippen molar-refractivity contribution in [1.82, 2.24) is 9.97 Å². The summed E-state index contributed by atoms with van der Waals surface area (Å²) in [6.07, 6.45) is 4.11. The van der Waals surface area contributed by atoms with Gasteiger partial charge in [0.1, 0.15) is 9.47 Å². The Morgan fingerprint density at radius 3 is 2.91 bits per heavy atom. The van der Waals surface area contributed by atoms with Crippen LogP contribution in [0.3, 0.4) is 0 Å². The van der Waals surface area contributed by atoms with Gasteiger partial charge >= 0.3 is 0 Å². The summed E-state index contributed by atoms with van der Waals surface area (Å²) in [7, 11) is 0. The van der Waals surface area contributed by atoms with Crippen molar-refractivity contribution in [3.8, 4) is 6.07 Å². The van der Waals surface area contributed by atoms with Gasteiger partial charge in [0.15, 0.2) is 0 Å². The molecule has 1 atom stereocenters. The maximum Gasteiger partial charge on any atom is 0.128 e. The van der Waals surface area contributed by atoms with Crippen molar-refractivity contribution < 1.29 is 0 Å². The second-order valence-electron chi connectivity index (χ2n) is 5.65. The van der Waals surface area contributed by atoms with Crippen LogP contribution >= 0.6 is 23.6 Å². The molecule has 0 amide bonds. The number of H-pyrrole nitrogens is 1. The normalized spacial score (nSPS) is 20.5. The molecular formula is C17H13N3S2. The molecule has 1 N–H and O–H groups in total. The zero-order valence-electron chi connectivity index (χ0n) is 11.8. The predicted molar refractivity (Wildman–Crippen MR) is 90.6 cm³/mol. The molecule has 0 bridgehead atoms. The zero-order valence-corrected chi connectivity index (χ0v) is 13.4. The monoisotopic (exact) mass is 323 g/mol. The first-order valence-corrected chi connectivity index (χ1v) is 8.41. The topological polar surface area (TPSA) is 52.5 Å². The van der Waals surface area contributed by atoms with E-state index in [-0.39, 0.29) is 0 Å². The van der Waals surface area contributed by atoms with Crippen LogP contribution in [0.25, 0.3) is 10.2 Å². The fraction of sp³-hybridized carbons (Fsp3) is 0.235. The highest BCUT2D eigenvalue weighted by Crippen LogP contribution is 2.43. The summed E-state index contributed by atoms with van der Waals surface area (Å²) in [5, 5.41) is 10.9. The molecule has 108 valence electrons. The fourth-order valence-electron chi connectivity index (χ4n) is 3.32. The fourth-order valence-corrected chi connectivity index (χ4v) is 4.97. The molecule has 4 rings (SSSR count). The molecule has 0 spiro atoms. The largest absolute Gasteiger partial charge is 0.337 e. The van der Waals surface area contributed by atoms with Gasteiger partial charge in [-0.2, -0.15) is 5.26 Å². The zero-order chi connectivity index (χ0) is 15.2. The Balaban J connectivity index is 1.88. The van der Waals surface area contributed by atoms with E-state index < -0.39 is 5.41 Å². The van der Waals surface area contributed by atoms with E-state index in [1.807, 2.05) is 18.2 Å².